The van der Waals surface area contributed by atoms with Crippen LogP contribution < -0.4 is 0 Å². The molecule has 1 heterocycles. The first-order valence-electron chi connectivity index (χ1n) is 5.15. The number of hydrogen-bond acceptors (Lipinski definition) is 1. The summed E-state index contributed by atoms with van der Waals surface area (Å²) in [6, 6.07) is 7.48. The van der Waals surface area contributed by atoms with E-state index >= 15 is 0 Å². The molecule has 0 aliphatic heterocycles. The predicted molar refractivity (Wildman–Crippen MR) is 78.0 cm³/mol. The molecule has 0 saturated carbocycles. The van der Waals surface area contributed by atoms with Gasteiger partial charge in [0, 0.05) is 19.8 Å². The van der Waals surface area contributed by atoms with Gasteiger partial charge in [0.25, 0.3) is 0 Å². The van der Waals surface area contributed by atoms with Gasteiger partial charge in [0.15, 0.2) is 0 Å². The summed E-state index contributed by atoms with van der Waals surface area (Å²) in [5, 5.41) is 1.06. The van der Waals surface area contributed by atoms with Crippen LogP contribution in [0.4, 0.5) is 0 Å². The average molecular weight is 306 g/mol. The third-order valence-corrected chi connectivity index (χ3v) is 4.61. The van der Waals surface area contributed by atoms with Crippen molar-refractivity contribution in [2.75, 3.05) is 0 Å². The van der Waals surface area contributed by atoms with E-state index in [1.165, 1.54) is 9.75 Å². The number of rotatable bonds is 2. The Hall–Kier alpha value is -0.210. The molecule has 0 fully saturated rings. The van der Waals surface area contributed by atoms with Gasteiger partial charge in [0.05, 0.1) is 5.38 Å². The van der Waals surface area contributed by atoms with Crippen LogP contribution in [0.15, 0.2) is 24.3 Å². The fourth-order valence-corrected chi connectivity index (χ4v) is 3.68. The van der Waals surface area contributed by atoms with Crippen molar-refractivity contribution >= 4 is 46.1 Å². The molecule has 0 bridgehead atoms. The largest absolute Gasteiger partial charge is 0.146 e. The molecule has 0 N–H and O–H groups in total. The fraction of sp³-hybridized carbons (Fsp3) is 0.231. The van der Waals surface area contributed by atoms with E-state index in [1.54, 1.807) is 23.5 Å². The molecule has 0 saturated heterocycles. The second kappa shape index (κ2) is 5.19. The fourth-order valence-electron chi connectivity index (χ4n) is 1.78. The molecular weight excluding hydrogens is 295 g/mol. The third-order valence-electron chi connectivity index (χ3n) is 2.58. The van der Waals surface area contributed by atoms with Gasteiger partial charge in [-0.3, -0.25) is 0 Å². The number of halogens is 3. The molecule has 0 spiro atoms. The summed E-state index contributed by atoms with van der Waals surface area (Å²) in [5.41, 5.74) is 1.97. The van der Waals surface area contributed by atoms with Crippen LogP contribution >= 0.6 is 46.1 Å². The molecule has 0 nitrogen and oxygen atoms in total. The lowest BCUT2D eigenvalue weighted by molar-refractivity contribution is 1.13. The Morgan fingerprint density at radius 1 is 1.06 bits per heavy atom. The molecule has 0 aliphatic rings. The molecule has 1 unspecified atom stereocenters. The highest BCUT2D eigenvalue weighted by atomic mass is 35.5. The van der Waals surface area contributed by atoms with E-state index < -0.39 is 0 Å². The van der Waals surface area contributed by atoms with Crippen LogP contribution in [0.2, 0.25) is 10.0 Å². The third kappa shape index (κ3) is 2.79. The van der Waals surface area contributed by atoms with Gasteiger partial charge < -0.3 is 0 Å². The topological polar surface area (TPSA) is 0 Å². The minimum absolute atomic E-state index is 0.244. The van der Waals surface area contributed by atoms with Gasteiger partial charge in [0.1, 0.15) is 0 Å². The number of thiophene rings is 1. The van der Waals surface area contributed by atoms with Crippen LogP contribution in [0.1, 0.15) is 26.3 Å². The zero-order valence-electron chi connectivity index (χ0n) is 9.43. The maximum absolute atomic E-state index is 6.49. The SMILES string of the molecule is Cc1cc(C(Cl)c2cc(Cl)ccc2Cl)c(C)s1. The van der Waals surface area contributed by atoms with E-state index in [-0.39, 0.29) is 5.38 Å². The molecule has 1 atom stereocenters. The van der Waals surface area contributed by atoms with Crippen molar-refractivity contribution in [2.45, 2.75) is 19.2 Å². The Labute approximate surface area is 120 Å². The molecule has 4 heteroatoms. The molecule has 0 radical (unpaired) electrons. The second-order valence-electron chi connectivity index (χ2n) is 3.90. The molecule has 1 aromatic carbocycles. The highest BCUT2D eigenvalue weighted by Crippen LogP contribution is 2.39. The first-order valence-corrected chi connectivity index (χ1v) is 7.16. The molecule has 17 heavy (non-hydrogen) atoms. The Morgan fingerprint density at radius 2 is 1.76 bits per heavy atom. The number of benzene rings is 1. The normalized spacial score (nSPS) is 12.8. The average Bonchev–Trinajstić information content (AvgIpc) is 2.60. The molecule has 0 aliphatic carbocycles. The Bertz CT molecular complexity index is 546. The number of alkyl halides is 1. The maximum Gasteiger partial charge on any atom is 0.0861 e. The minimum Gasteiger partial charge on any atom is -0.146 e. The summed E-state index contributed by atoms with van der Waals surface area (Å²) in [6.45, 7) is 4.14. The zero-order chi connectivity index (χ0) is 12.6. The van der Waals surface area contributed by atoms with Gasteiger partial charge in [0.2, 0.25) is 0 Å². The van der Waals surface area contributed by atoms with Crippen molar-refractivity contribution in [3.8, 4) is 0 Å². The Kier molecular flexibility index (Phi) is 4.04. The van der Waals surface area contributed by atoms with Crippen molar-refractivity contribution in [3.63, 3.8) is 0 Å². The molecular formula is C13H11Cl3S. The first kappa shape index (κ1) is 13.2. The van der Waals surface area contributed by atoms with Gasteiger partial charge in [-0.25, -0.2) is 0 Å². The summed E-state index contributed by atoms with van der Waals surface area (Å²) in [4.78, 5) is 2.47. The Morgan fingerprint density at radius 3 is 2.35 bits per heavy atom. The van der Waals surface area contributed by atoms with E-state index in [9.17, 15) is 0 Å². The van der Waals surface area contributed by atoms with E-state index in [1.807, 2.05) is 6.07 Å². The lowest BCUT2D eigenvalue weighted by atomic mass is 10.0. The van der Waals surface area contributed by atoms with E-state index in [4.69, 9.17) is 34.8 Å². The van der Waals surface area contributed by atoms with Crippen LogP contribution in [0.25, 0.3) is 0 Å². The highest BCUT2D eigenvalue weighted by molar-refractivity contribution is 7.12. The van der Waals surface area contributed by atoms with Gasteiger partial charge >= 0.3 is 0 Å². The summed E-state index contributed by atoms with van der Waals surface area (Å²) in [5.74, 6) is 0. The van der Waals surface area contributed by atoms with Crippen LogP contribution in [0.5, 0.6) is 0 Å². The van der Waals surface area contributed by atoms with Gasteiger partial charge in [-0.2, -0.15) is 0 Å². The van der Waals surface area contributed by atoms with Crippen molar-refractivity contribution in [3.05, 3.63) is 55.2 Å². The quantitative estimate of drug-likeness (QED) is 0.597. The van der Waals surface area contributed by atoms with Crippen molar-refractivity contribution < 1.29 is 0 Å². The first-order chi connectivity index (χ1) is 7.99. The van der Waals surface area contributed by atoms with Crippen LogP contribution in [0, 0.1) is 13.8 Å². The zero-order valence-corrected chi connectivity index (χ0v) is 12.5. The molecule has 1 aromatic heterocycles. The van der Waals surface area contributed by atoms with E-state index in [0.717, 1.165) is 11.1 Å². The van der Waals surface area contributed by atoms with E-state index in [0.29, 0.717) is 10.0 Å². The minimum atomic E-state index is -0.244. The molecule has 90 valence electrons. The lowest BCUT2D eigenvalue weighted by Crippen LogP contribution is -1.94. The Balaban J connectivity index is 2.46. The monoisotopic (exact) mass is 304 g/mol. The number of hydrogen-bond donors (Lipinski definition) is 0. The van der Waals surface area contributed by atoms with Crippen LogP contribution in [-0.4, -0.2) is 0 Å². The second-order valence-corrected chi connectivity index (χ2v) is 6.64. The lowest BCUT2D eigenvalue weighted by Gasteiger charge is -2.12. The molecule has 2 rings (SSSR count). The molecule has 2 aromatic rings. The summed E-state index contributed by atoms with van der Waals surface area (Å²) >= 11 is 20.4. The molecule has 0 amide bonds. The summed E-state index contributed by atoms with van der Waals surface area (Å²) < 4.78 is 0. The number of aryl methyl sites for hydroxylation is 2. The highest BCUT2D eigenvalue weighted by Gasteiger charge is 2.18. The van der Waals surface area contributed by atoms with Crippen molar-refractivity contribution in [1.82, 2.24) is 0 Å². The van der Waals surface area contributed by atoms with Crippen LogP contribution in [-0.2, 0) is 0 Å². The van der Waals surface area contributed by atoms with Crippen molar-refractivity contribution in [1.29, 1.82) is 0 Å². The smallest absolute Gasteiger partial charge is 0.0861 e. The predicted octanol–water partition coefficient (Wildman–Crippen LogP) is 6.00. The maximum atomic E-state index is 6.49. The summed E-state index contributed by atoms with van der Waals surface area (Å²) in [7, 11) is 0. The summed E-state index contributed by atoms with van der Waals surface area (Å²) in [6.07, 6.45) is 0. The van der Waals surface area contributed by atoms with Gasteiger partial charge in [-0.1, -0.05) is 23.2 Å². The standard InChI is InChI=1S/C13H11Cl3S/c1-7-5-10(8(2)17-7)13(16)11-6-9(14)3-4-12(11)15/h3-6,13H,1-2H3. The van der Waals surface area contributed by atoms with Crippen LogP contribution in [0.3, 0.4) is 0 Å². The van der Waals surface area contributed by atoms with Crippen molar-refractivity contribution in [2.24, 2.45) is 0 Å². The van der Waals surface area contributed by atoms with Gasteiger partial charge in [-0.05, 0) is 49.2 Å². The van der Waals surface area contributed by atoms with E-state index in [2.05, 4.69) is 19.9 Å². The van der Waals surface area contributed by atoms with Gasteiger partial charge in [-0.15, -0.1) is 22.9 Å².